The molecule has 1 fully saturated rings. The van der Waals surface area contributed by atoms with E-state index in [1.165, 1.54) is 25.9 Å². The lowest BCUT2D eigenvalue weighted by atomic mass is 10.0. The molecule has 20 heavy (non-hydrogen) atoms. The zero-order chi connectivity index (χ0) is 14.4. The van der Waals surface area contributed by atoms with Gasteiger partial charge in [0.05, 0.1) is 6.61 Å². The van der Waals surface area contributed by atoms with Crippen molar-refractivity contribution >= 4 is 5.78 Å². The zero-order valence-corrected chi connectivity index (χ0v) is 12.6. The molecule has 1 heterocycles. The summed E-state index contributed by atoms with van der Waals surface area (Å²) in [5, 5.41) is 0. The van der Waals surface area contributed by atoms with Gasteiger partial charge < -0.3 is 9.64 Å². The van der Waals surface area contributed by atoms with Crippen molar-refractivity contribution in [1.29, 1.82) is 0 Å². The SMILES string of the molecule is CC(=O)c1cccc(OCCCN2CCC[C@@H](C)C2)c1. The molecule has 0 aromatic heterocycles. The van der Waals surface area contributed by atoms with Crippen LogP contribution in [0.25, 0.3) is 0 Å². The summed E-state index contributed by atoms with van der Waals surface area (Å²) in [5.74, 6) is 1.71. The smallest absolute Gasteiger partial charge is 0.159 e. The normalized spacial score (nSPS) is 19.8. The molecule has 1 aliphatic rings. The Morgan fingerprint density at radius 3 is 3.05 bits per heavy atom. The fraction of sp³-hybridized carbons (Fsp3) is 0.588. The van der Waals surface area contributed by atoms with Crippen LogP contribution in [0.15, 0.2) is 24.3 Å². The average Bonchev–Trinajstić information content (AvgIpc) is 2.44. The van der Waals surface area contributed by atoms with Crippen LogP contribution in [0.2, 0.25) is 0 Å². The number of hydrogen-bond donors (Lipinski definition) is 0. The molecule has 0 saturated carbocycles. The van der Waals surface area contributed by atoms with Crippen LogP contribution in [-0.2, 0) is 0 Å². The van der Waals surface area contributed by atoms with E-state index in [2.05, 4.69) is 11.8 Å². The first-order chi connectivity index (χ1) is 9.65. The topological polar surface area (TPSA) is 29.5 Å². The van der Waals surface area contributed by atoms with Crippen molar-refractivity contribution in [2.45, 2.75) is 33.1 Å². The summed E-state index contributed by atoms with van der Waals surface area (Å²) in [6.07, 6.45) is 3.73. The molecule has 0 N–H and O–H groups in total. The molecule has 3 heteroatoms. The summed E-state index contributed by atoms with van der Waals surface area (Å²) in [6.45, 7) is 8.18. The van der Waals surface area contributed by atoms with E-state index >= 15 is 0 Å². The number of Topliss-reactive ketones (excluding diaryl/α,β-unsaturated/α-hetero) is 1. The van der Waals surface area contributed by atoms with E-state index in [9.17, 15) is 4.79 Å². The minimum atomic E-state index is 0.0813. The quantitative estimate of drug-likeness (QED) is 0.589. The number of carbonyl (C=O) groups excluding carboxylic acids is 1. The molecule has 0 aliphatic carbocycles. The van der Waals surface area contributed by atoms with Gasteiger partial charge in [0.1, 0.15) is 5.75 Å². The summed E-state index contributed by atoms with van der Waals surface area (Å²) in [5.41, 5.74) is 0.715. The summed E-state index contributed by atoms with van der Waals surface area (Å²) in [6, 6.07) is 7.43. The number of rotatable bonds is 6. The Morgan fingerprint density at radius 1 is 1.45 bits per heavy atom. The predicted molar refractivity (Wildman–Crippen MR) is 81.4 cm³/mol. The highest BCUT2D eigenvalue weighted by molar-refractivity contribution is 5.94. The van der Waals surface area contributed by atoms with Crippen molar-refractivity contribution < 1.29 is 9.53 Å². The molecular formula is C17H25NO2. The van der Waals surface area contributed by atoms with Crippen LogP contribution in [-0.4, -0.2) is 36.9 Å². The minimum Gasteiger partial charge on any atom is -0.494 e. The second-order valence-electron chi connectivity index (χ2n) is 5.83. The van der Waals surface area contributed by atoms with E-state index in [0.29, 0.717) is 12.2 Å². The van der Waals surface area contributed by atoms with Gasteiger partial charge in [0.15, 0.2) is 5.78 Å². The molecule has 1 saturated heterocycles. The summed E-state index contributed by atoms with van der Waals surface area (Å²) < 4.78 is 5.74. The fourth-order valence-corrected chi connectivity index (χ4v) is 2.77. The van der Waals surface area contributed by atoms with Crippen molar-refractivity contribution in [3.63, 3.8) is 0 Å². The molecule has 1 aromatic carbocycles. The standard InChI is InChI=1S/C17H25NO2/c1-14-6-4-9-18(13-14)10-5-11-20-17-8-3-7-16(12-17)15(2)19/h3,7-8,12,14H,4-6,9-11,13H2,1-2H3/t14-/m1/s1. The first-order valence-electron chi connectivity index (χ1n) is 7.61. The fourth-order valence-electron chi connectivity index (χ4n) is 2.77. The van der Waals surface area contributed by atoms with Crippen LogP contribution in [0, 0.1) is 5.92 Å². The molecular weight excluding hydrogens is 250 g/mol. The van der Waals surface area contributed by atoms with Gasteiger partial charge in [-0.05, 0) is 50.8 Å². The molecule has 0 bridgehead atoms. The Kier molecular flexibility index (Phi) is 5.60. The van der Waals surface area contributed by atoms with Gasteiger partial charge in [0, 0.05) is 18.7 Å². The first-order valence-corrected chi connectivity index (χ1v) is 7.61. The lowest BCUT2D eigenvalue weighted by Gasteiger charge is -2.30. The molecule has 1 aromatic rings. The van der Waals surface area contributed by atoms with Crippen LogP contribution >= 0.6 is 0 Å². The third-order valence-corrected chi connectivity index (χ3v) is 3.87. The predicted octanol–water partition coefficient (Wildman–Crippen LogP) is 3.39. The minimum absolute atomic E-state index is 0.0813. The molecule has 3 nitrogen and oxygen atoms in total. The van der Waals surface area contributed by atoms with Gasteiger partial charge >= 0.3 is 0 Å². The number of likely N-dealkylation sites (tertiary alicyclic amines) is 1. The molecule has 2 rings (SSSR count). The van der Waals surface area contributed by atoms with E-state index in [4.69, 9.17) is 4.74 Å². The van der Waals surface area contributed by atoms with Gasteiger partial charge in [-0.1, -0.05) is 19.1 Å². The number of nitrogens with zero attached hydrogens (tertiary/aromatic N) is 1. The van der Waals surface area contributed by atoms with E-state index in [-0.39, 0.29) is 5.78 Å². The van der Waals surface area contributed by atoms with Crippen molar-refractivity contribution in [1.82, 2.24) is 4.90 Å². The molecule has 0 spiro atoms. The second kappa shape index (κ2) is 7.44. The molecule has 0 radical (unpaired) electrons. The maximum absolute atomic E-state index is 11.3. The van der Waals surface area contributed by atoms with Gasteiger partial charge in [-0.2, -0.15) is 0 Å². The second-order valence-corrected chi connectivity index (χ2v) is 5.83. The van der Waals surface area contributed by atoms with Crippen molar-refractivity contribution in [3.8, 4) is 5.75 Å². The van der Waals surface area contributed by atoms with Crippen LogP contribution in [0.3, 0.4) is 0 Å². The third kappa shape index (κ3) is 4.64. The van der Waals surface area contributed by atoms with Gasteiger partial charge in [0.25, 0.3) is 0 Å². The summed E-state index contributed by atoms with van der Waals surface area (Å²) in [7, 11) is 0. The molecule has 1 atom stereocenters. The molecule has 0 unspecified atom stereocenters. The van der Waals surface area contributed by atoms with E-state index in [1.807, 2.05) is 24.3 Å². The van der Waals surface area contributed by atoms with Gasteiger partial charge in [-0.3, -0.25) is 4.79 Å². The number of ether oxygens (including phenoxy) is 1. The van der Waals surface area contributed by atoms with Gasteiger partial charge in [-0.25, -0.2) is 0 Å². The summed E-state index contributed by atoms with van der Waals surface area (Å²) in [4.78, 5) is 13.8. The average molecular weight is 275 g/mol. The Hall–Kier alpha value is -1.35. The maximum atomic E-state index is 11.3. The molecule has 1 aliphatic heterocycles. The van der Waals surface area contributed by atoms with Gasteiger partial charge in [-0.15, -0.1) is 0 Å². The first kappa shape index (κ1) is 15.0. The number of carbonyl (C=O) groups is 1. The van der Waals surface area contributed by atoms with E-state index in [0.717, 1.165) is 24.6 Å². The van der Waals surface area contributed by atoms with Crippen molar-refractivity contribution in [2.75, 3.05) is 26.2 Å². The van der Waals surface area contributed by atoms with Gasteiger partial charge in [0.2, 0.25) is 0 Å². The Balaban J connectivity index is 1.70. The lowest BCUT2D eigenvalue weighted by molar-refractivity contribution is 0.101. The van der Waals surface area contributed by atoms with Crippen LogP contribution in [0.4, 0.5) is 0 Å². The molecule has 110 valence electrons. The zero-order valence-electron chi connectivity index (χ0n) is 12.6. The van der Waals surface area contributed by atoms with Crippen molar-refractivity contribution in [2.24, 2.45) is 5.92 Å². The Morgan fingerprint density at radius 2 is 2.30 bits per heavy atom. The highest BCUT2D eigenvalue weighted by atomic mass is 16.5. The maximum Gasteiger partial charge on any atom is 0.159 e. The van der Waals surface area contributed by atoms with Crippen LogP contribution in [0.1, 0.15) is 43.5 Å². The Bertz CT molecular complexity index is 444. The van der Waals surface area contributed by atoms with E-state index < -0.39 is 0 Å². The van der Waals surface area contributed by atoms with Crippen LogP contribution in [0.5, 0.6) is 5.75 Å². The highest BCUT2D eigenvalue weighted by Gasteiger charge is 2.15. The number of ketones is 1. The number of hydrogen-bond acceptors (Lipinski definition) is 3. The number of piperidine rings is 1. The Labute approximate surface area is 121 Å². The lowest BCUT2D eigenvalue weighted by Crippen LogP contribution is -2.35. The van der Waals surface area contributed by atoms with E-state index in [1.54, 1.807) is 6.92 Å². The highest BCUT2D eigenvalue weighted by Crippen LogP contribution is 2.16. The number of benzene rings is 1. The summed E-state index contributed by atoms with van der Waals surface area (Å²) >= 11 is 0. The third-order valence-electron chi connectivity index (χ3n) is 3.87. The van der Waals surface area contributed by atoms with Crippen LogP contribution < -0.4 is 4.74 Å². The monoisotopic (exact) mass is 275 g/mol. The largest absolute Gasteiger partial charge is 0.494 e. The van der Waals surface area contributed by atoms with Crippen molar-refractivity contribution in [3.05, 3.63) is 29.8 Å². The molecule has 0 amide bonds.